The molecule has 2 N–H and O–H groups in total. The molecule has 1 aliphatic rings. The molecule has 3 aromatic rings. The number of aromatic nitrogens is 2. The van der Waals surface area contributed by atoms with Gasteiger partial charge in [-0.2, -0.15) is 0 Å². The van der Waals surface area contributed by atoms with Crippen LogP contribution in [0.1, 0.15) is 15.9 Å². The van der Waals surface area contributed by atoms with Gasteiger partial charge in [-0.05, 0) is 22.7 Å². The standard InChI is InChI=1S/C21H20N4O2S/c1-24(2)19(26)12-25-11-16(15-7-3-4-8-18(15)25)20(27)17-13-28-21(23-17)14-6-5-9-22-10-14/h3-11,13H,12,23H2,1-2H3. The van der Waals surface area contributed by atoms with E-state index < -0.39 is 0 Å². The lowest BCUT2D eigenvalue weighted by molar-refractivity contribution is -0.657. The molecule has 6 nitrogen and oxygen atoms in total. The summed E-state index contributed by atoms with van der Waals surface area (Å²) in [5, 5.41) is 5.64. The number of rotatable bonds is 5. The van der Waals surface area contributed by atoms with Crippen molar-refractivity contribution in [2.45, 2.75) is 6.54 Å². The van der Waals surface area contributed by atoms with E-state index in [0.717, 1.165) is 21.8 Å². The summed E-state index contributed by atoms with van der Waals surface area (Å²) in [5.41, 5.74) is 2.48. The van der Waals surface area contributed by atoms with Gasteiger partial charge < -0.3 is 20.0 Å². The molecule has 28 heavy (non-hydrogen) atoms. The number of fused-ring (bicyclic) bond motifs is 1. The molecule has 3 heterocycles. The average Bonchev–Trinajstić information content (AvgIpc) is 3.34. The Morgan fingerprint density at radius 2 is 2.11 bits per heavy atom. The number of ketones is 1. The summed E-state index contributed by atoms with van der Waals surface area (Å²) in [5.74, 6) is -0.0622. The van der Waals surface area contributed by atoms with Crippen LogP contribution in [0.25, 0.3) is 10.9 Å². The van der Waals surface area contributed by atoms with Gasteiger partial charge in [-0.3, -0.25) is 9.36 Å². The monoisotopic (exact) mass is 392 g/mol. The van der Waals surface area contributed by atoms with Crippen LogP contribution in [0.2, 0.25) is 0 Å². The molecule has 0 radical (unpaired) electrons. The SMILES string of the molecule is CN(C)C(=O)C[n+]1cc(C(=O)[C-]2C=[S+][C-](c3cccnc3)[NH2+]2)c2cccc[c-]21. The normalized spacial score (nSPS) is 13.4. The fraction of sp³-hybridized carbons (Fsp3) is 0.143. The van der Waals surface area contributed by atoms with E-state index in [1.165, 1.54) is 11.4 Å². The van der Waals surface area contributed by atoms with Crippen molar-refractivity contribution in [3.05, 3.63) is 77.5 Å². The number of nitrogens with zero attached hydrogens (tertiary/aromatic N) is 3. The van der Waals surface area contributed by atoms with E-state index in [0.29, 0.717) is 11.6 Å². The van der Waals surface area contributed by atoms with Crippen molar-refractivity contribution in [1.29, 1.82) is 0 Å². The number of carbonyl (C=O) groups excluding carboxylic acids is 2. The Morgan fingerprint density at radius 3 is 2.86 bits per heavy atom. The van der Waals surface area contributed by atoms with Crippen molar-refractivity contribution in [1.82, 2.24) is 9.88 Å². The van der Waals surface area contributed by atoms with E-state index in [2.05, 4.69) is 4.98 Å². The van der Waals surface area contributed by atoms with Crippen LogP contribution in [-0.4, -0.2) is 41.0 Å². The third-order valence-electron chi connectivity index (χ3n) is 4.65. The minimum atomic E-state index is -0.0429. The van der Waals surface area contributed by atoms with E-state index >= 15 is 0 Å². The van der Waals surface area contributed by atoms with Crippen LogP contribution in [0.3, 0.4) is 0 Å². The lowest BCUT2D eigenvalue weighted by Gasteiger charge is -2.12. The van der Waals surface area contributed by atoms with Crippen molar-refractivity contribution < 1.29 is 19.5 Å². The molecule has 0 aliphatic carbocycles. The number of Topliss-reactive ketones (excluding diaryl/α,β-unsaturated/α-hetero) is 1. The number of nitrogens with two attached hydrogens (primary N) is 1. The molecule has 0 saturated heterocycles. The molecule has 0 saturated carbocycles. The zero-order chi connectivity index (χ0) is 19.7. The second-order valence-corrected chi connectivity index (χ2v) is 7.66. The minimum absolute atomic E-state index is 0.0193. The van der Waals surface area contributed by atoms with Gasteiger partial charge in [0, 0.05) is 14.1 Å². The number of hydrogen-bond donors (Lipinski definition) is 1. The Labute approximate surface area is 167 Å². The van der Waals surface area contributed by atoms with Gasteiger partial charge in [0.05, 0.1) is 12.2 Å². The fourth-order valence-electron chi connectivity index (χ4n) is 3.12. The fourth-order valence-corrected chi connectivity index (χ4v) is 4.00. The number of quaternary nitrogens is 1. The highest BCUT2D eigenvalue weighted by molar-refractivity contribution is 7.81. The van der Waals surface area contributed by atoms with Crippen LogP contribution in [-0.2, 0) is 22.7 Å². The lowest BCUT2D eigenvalue weighted by Crippen LogP contribution is -2.86. The van der Waals surface area contributed by atoms with Crippen LogP contribution in [0.5, 0.6) is 0 Å². The molecule has 2 aromatic heterocycles. The molecule has 7 heteroatoms. The summed E-state index contributed by atoms with van der Waals surface area (Å²) in [4.78, 5) is 31.1. The molecular weight excluding hydrogens is 372 g/mol. The molecule has 0 atom stereocenters. The van der Waals surface area contributed by atoms with E-state index in [1.54, 1.807) is 37.6 Å². The molecule has 4 rings (SSSR count). The third-order valence-corrected chi connectivity index (χ3v) is 5.62. The molecule has 1 amide bonds. The Bertz CT molecular complexity index is 1060. The molecular formula is C21H20N4O2S. The van der Waals surface area contributed by atoms with Gasteiger partial charge in [0.1, 0.15) is 11.3 Å². The lowest BCUT2D eigenvalue weighted by atomic mass is 10.0. The Balaban J connectivity index is 1.62. The molecule has 1 aliphatic heterocycles. The zero-order valence-corrected chi connectivity index (χ0v) is 16.4. The number of pyridine rings is 1. The Morgan fingerprint density at radius 1 is 1.25 bits per heavy atom. The van der Waals surface area contributed by atoms with Gasteiger partial charge in [-0.15, -0.1) is 24.3 Å². The summed E-state index contributed by atoms with van der Waals surface area (Å²) in [6.45, 7) is 0.200. The zero-order valence-electron chi connectivity index (χ0n) is 15.6. The first-order valence-corrected chi connectivity index (χ1v) is 9.74. The molecule has 0 bridgehead atoms. The maximum absolute atomic E-state index is 13.2. The summed E-state index contributed by atoms with van der Waals surface area (Å²) in [7, 11) is 3.46. The van der Waals surface area contributed by atoms with Gasteiger partial charge in [-0.25, -0.2) is 0 Å². The van der Waals surface area contributed by atoms with E-state index in [1.807, 2.05) is 51.6 Å². The second kappa shape index (κ2) is 7.46. The van der Waals surface area contributed by atoms with Gasteiger partial charge in [-0.1, -0.05) is 18.3 Å². The molecule has 0 spiro atoms. The predicted octanol–water partition coefficient (Wildman–Crippen LogP) is 0.0437. The molecule has 1 aromatic carbocycles. The summed E-state index contributed by atoms with van der Waals surface area (Å²) >= 11 is 1.52. The summed E-state index contributed by atoms with van der Waals surface area (Å²) in [6.07, 6.45) is 5.31. The first-order valence-electron chi connectivity index (χ1n) is 8.86. The maximum atomic E-state index is 13.2. The summed E-state index contributed by atoms with van der Waals surface area (Å²) < 4.78 is 1.85. The van der Waals surface area contributed by atoms with Crippen molar-refractivity contribution in [2.75, 3.05) is 14.1 Å². The second-order valence-electron chi connectivity index (χ2n) is 6.75. The van der Waals surface area contributed by atoms with Crippen molar-refractivity contribution in [3.8, 4) is 0 Å². The largest absolute Gasteiger partial charge is 0.345 e. The number of benzene rings is 1. The highest BCUT2D eigenvalue weighted by atomic mass is 32.1. The maximum Gasteiger partial charge on any atom is 0.286 e. The number of amides is 1. The Hall–Kier alpha value is -3.16. The quantitative estimate of drug-likeness (QED) is 0.219. The van der Waals surface area contributed by atoms with Crippen molar-refractivity contribution in [3.63, 3.8) is 0 Å². The molecule has 142 valence electrons. The molecule has 0 unspecified atom stereocenters. The predicted molar refractivity (Wildman–Crippen MR) is 108 cm³/mol. The van der Waals surface area contributed by atoms with Gasteiger partial charge in [0.15, 0.2) is 16.7 Å². The van der Waals surface area contributed by atoms with Gasteiger partial charge >= 0.3 is 0 Å². The Kier molecular flexibility index (Phi) is 4.85. The van der Waals surface area contributed by atoms with Gasteiger partial charge in [0.2, 0.25) is 6.54 Å². The average molecular weight is 392 g/mol. The van der Waals surface area contributed by atoms with E-state index in [9.17, 15) is 9.59 Å². The van der Waals surface area contributed by atoms with Crippen LogP contribution in [0.4, 0.5) is 0 Å². The van der Waals surface area contributed by atoms with Crippen LogP contribution in [0, 0.1) is 11.4 Å². The van der Waals surface area contributed by atoms with Crippen LogP contribution >= 0.6 is 0 Å². The minimum Gasteiger partial charge on any atom is -0.345 e. The highest BCUT2D eigenvalue weighted by Crippen LogP contribution is 2.20. The number of likely N-dealkylation sites (N-methyl/N-ethyl adjacent to an activating group) is 1. The number of para-hydroxylation sites is 1. The van der Waals surface area contributed by atoms with Crippen molar-refractivity contribution in [2.24, 2.45) is 0 Å². The third kappa shape index (κ3) is 3.37. The van der Waals surface area contributed by atoms with Crippen molar-refractivity contribution >= 4 is 39.3 Å². The van der Waals surface area contributed by atoms with Crippen LogP contribution < -0.4 is 9.88 Å². The number of hydrogen-bond acceptors (Lipinski definition) is 3. The number of carbonyl (C=O) groups is 2. The smallest absolute Gasteiger partial charge is 0.286 e. The topological polar surface area (TPSA) is 70.8 Å². The first-order chi connectivity index (χ1) is 13.5. The molecule has 0 fully saturated rings. The van der Waals surface area contributed by atoms with Gasteiger partial charge in [0.25, 0.3) is 11.3 Å². The summed E-state index contributed by atoms with van der Waals surface area (Å²) in [6, 6.07) is 12.2. The van der Waals surface area contributed by atoms with E-state index in [-0.39, 0.29) is 18.2 Å². The first kappa shape index (κ1) is 18.2. The van der Waals surface area contributed by atoms with E-state index in [4.69, 9.17) is 0 Å². The highest BCUT2D eigenvalue weighted by Gasteiger charge is 2.33. The van der Waals surface area contributed by atoms with Crippen LogP contribution in [0.15, 0.2) is 55.0 Å².